The van der Waals surface area contributed by atoms with Gasteiger partial charge in [0.15, 0.2) is 0 Å². The van der Waals surface area contributed by atoms with Gasteiger partial charge in [0, 0.05) is 12.2 Å². The number of rotatable bonds is 6. The summed E-state index contributed by atoms with van der Waals surface area (Å²) in [5, 5.41) is 8.09. The molecule has 0 heterocycles. The van der Waals surface area contributed by atoms with Crippen molar-refractivity contribution in [3.63, 3.8) is 0 Å². The molecule has 1 aromatic carbocycles. The standard InChI is InChI=1S/C11H19N3O3S/c1-8(2)17-6-5-14-10-4-3-9(12)7-11(10)18(13,15)16/h3-4,7-8,14H,5-6,12H2,1-2H3,(H2,13,15,16). The highest BCUT2D eigenvalue weighted by Crippen LogP contribution is 2.22. The molecule has 0 aliphatic heterocycles. The lowest BCUT2D eigenvalue weighted by Gasteiger charge is -2.12. The van der Waals surface area contributed by atoms with Crippen LogP contribution < -0.4 is 16.2 Å². The molecule has 0 aliphatic carbocycles. The first-order chi connectivity index (χ1) is 8.30. The van der Waals surface area contributed by atoms with E-state index < -0.39 is 10.0 Å². The van der Waals surface area contributed by atoms with Gasteiger partial charge in [-0.3, -0.25) is 0 Å². The van der Waals surface area contributed by atoms with E-state index in [1.54, 1.807) is 12.1 Å². The van der Waals surface area contributed by atoms with E-state index in [0.717, 1.165) is 0 Å². The molecule has 0 atom stereocenters. The first kappa shape index (κ1) is 14.7. The summed E-state index contributed by atoms with van der Waals surface area (Å²) in [4.78, 5) is -0.00736. The molecule has 1 aromatic rings. The number of nitrogens with two attached hydrogens (primary N) is 2. The lowest BCUT2D eigenvalue weighted by molar-refractivity contribution is 0.0870. The SMILES string of the molecule is CC(C)OCCNc1ccc(N)cc1S(N)(=O)=O. The Labute approximate surface area is 107 Å². The van der Waals surface area contributed by atoms with Gasteiger partial charge in [-0.1, -0.05) is 0 Å². The van der Waals surface area contributed by atoms with E-state index in [0.29, 0.717) is 24.5 Å². The third kappa shape index (κ3) is 4.52. The molecule has 7 heteroatoms. The zero-order valence-corrected chi connectivity index (χ0v) is 11.3. The smallest absolute Gasteiger partial charge is 0.240 e. The molecule has 6 nitrogen and oxygen atoms in total. The van der Waals surface area contributed by atoms with Crippen molar-refractivity contribution in [2.75, 3.05) is 24.2 Å². The summed E-state index contributed by atoms with van der Waals surface area (Å²) in [5.41, 5.74) is 6.33. The van der Waals surface area contributed by atoms with E-state index in [2.05, 4.69) is 5.32 Å². The van der Waals surface area contributed by atoms with Gasteiger partial charge < -0.3 is 15.8 Å². The Hall–Kier alpha value is -1.31. The first-order valence-electron chi connectivity index (χ1n) is 5.58. The number of benzene rings is 1. The molecule has 0 saturated heterocycles. The number of hydrogen-bond acceptors (Lipinski definition) is 5. The highest BCUT2D eigenvalue weighted by atomic mass is 32.2. The van der Waals surface area contributed by atoms with E-state index >= 15 is 0 Å². The lowest BCUT2D eigenvalue weighted by atomic mass is 10.3. The number of sulfonamides is 1. The van der Waals surface area contributed by atoms with Gasteiger partial charge in [0.2, 0.25) is 10.0 Å². The fourth-order valence-corrected chi connectivity index (χ4v) is 2.15. The van der Waals surface area contributed by atoms with Crippen LogP contribution in [0, 0.1) is 0 Å². The van der Waals surface area contributed by atoms with Crippen molar-refractivity contribution < 1.29 is 13.2 Å². The van der Waals surface area contributed by atoms with Gasteiger partial charge >= 0.3 is 0 Å². The van der Waals surface area contributed by atoms with Gasteiger partial charge in [0.05, 0.1) is 18.4 Å². The molecular formula is C11H19N3O3S. The van der Waals surface area contributed by atoms with Crippen molar-refractivity contribution in [1.82, 2.24) is 0 Å². The van der Waals surface area contributed by atoms with Crippen molar-refractivity contribution in [3.05, 3.63) is 18.2 Å². The Morgan fingerprint density at radius 3 is 2.61 bits per heavy atom. The predicted molar refractivity (Wildman–Crippen MR) is 71.8 cm³/mol. The molecule has 0 spiro atoms. The molecule has 102 valence electrons. The van der Waals surface area contributed by atoms with Crippen molar-refractivity contribution in [1.29, 1.82) is 0 Å². The van der Waals surface area contributed by atoms with Crippen LogP contribution in [0.1, 0.15) is 13.8 Å². The molecule has 0 saturated carbocycles. The molecular weight excluding hydrogens is 254 g/mol. The van der Waals surface area contributed by atoms with Gasteiger partial charge in [0.25, 0.3) is 0 Å². The summed E-state index contributed by atoms with van der Waals surface area (Å²) < 4.78 is 28.1. The maximum Gasteiger partial charge on any atom is 0.240 e. The molecule has 1 rings (SSSR count). The van der Waals surface area contributed by atoms with Crippen molar-refractivity contribution in [2.45, 2.75) is 24.8 Å². The molecule has 0 aliphatic rings. The van der Waals surface area contributed by atoms with Gasteiger partial charge in [0.1, 0.15) is 4.90 Å². The molecule has 0 aromatic heterocycles. The van der Waals surface area contributed by atoms with Crippen LogP contribution in [0.15, 0.2) is 23.1 Å². The van der Waals surface area contributed by atoms with Crippen LogP contribution in [0.25, 0.3) is 0 Å². The van der Waals surface area contributed by atoms with Crippen LogP contribution in [-0.4, -0.2) is 27.7 Å². The monoisotopic (exact) mass is 273 g/mol. The van der Waals surface area contributed by atoms with Crippen LogP contribution in [-0.2, 0) is 14.8 Å². The predicted octanol–water partition coefficient (Wildman–Crippen LogP) is 0.753. The maximum absolute atomic E-state index is 11.4. The Balaban J connectivity index is 2.77. The van der Waals surface area contributed by atoms with E-state index in [-0.39, 0.29) is 11.0 Å². The Morgan fingerprint density at radius 1 is 1.39 bits per heavy atom. The molecule has 0 amide bonds. The molecule has 0 fully saturated rings. The van der Waals surface area contributed by atoms with Gasteiger partial charge in [-0.25, -0.2) is 13.6 Å². The van der Waals surface area contributed by atoms with Gasteiger partial charge in [-0.15, -0.1) is 0 Å². The number of ether oxygens (including phenoxy) is 1. The van der Waals surface area contributed by atoms with Gasteiger partial charge in [-0.05, 0) is 32.0 Å². The number of nitrogens with one attached hydrogen (secondary N) is 1. The number of anilines is 2. The molecule has 18 heavy (non-hydrogen) atoms. The fourth-order valence-electron chi connectivity index (χ4n) is 1.40. The maximum atomic E-state index is 11.4. The Bertz CT molecular complexity index is 500. The lowest BCUT2D eigenvalue weighted by Crippen LogP contribution is -2.18. The quantitative estimate of drug-likeness (QED) is 0.523. The van der Waals surface area contributed by atoms with Crippen LogP contribution in [0.5, 0.6) is 0 Å². The first-order valence-corrected chi connectivity index (χ1v) is 7.13. The second kappa shape index (κ2) is 6.03. The average molecular weight is 273 g/mol. The zero-order chi connectivity index (χ0) is 13.8. The summed E-state index contributed by atoms with van der Waals surface area (Å²) in [6.07, 6.45) is 0.135. The number of primary sulfonamides is 1. The molecule has 0 bridgehead atoms. The molecule has 0 radical (unpaired) electrons. The Morgan fingerprint density at radius 2 is 2.06 bits per heavy atom. The molecule has 0 unspecified atom stereocenters. The third-order valence-electron chi connectivity index (χ3n) is 2.18. The summed E-state index contributed by atoms with van der Waals surface area (Å²) >= 11 is 0. The van der Waals surface area contributed by atoms with E-state index in [9.17, 15) is 8.42 Å². The Kier molecular flexibility index (Phi) is 4.94. The van der Waals surface area contributed by atoms with Crippen molar-refractivity contribution >= 4 is 21.4 Å². The van der Waals surface area contributed by atoms with E-state index in [1.807, 2.05) is 13.8 Å². The highest BCUT2D eigenvalue weighted by Gasteiger charge is 2.14. The van der Waals surface area contributed by atoms with E-state index in [1.165, 1.54) is 6.07 Å². The van der Waals surface area contributed by atoms with Crippen molar-refractivity contribution in [2.24, 2.45) is 5.14 Å². The minimum absolute atomic E-state index is 0.00736. The average Bonchev–Trinajstić information content (AvgIpc) is 2.24. The van der Waals surface area contributed by atoms with Crippen molar-refractivity contribution in [3.8, 4) is 0 Å². The fraction of sp³-hybridized carbons (Fsp3) is 0.455. The summed E-state index contributed by atoms with van der Waals surface area (Å²) in [7, 11) is -3.79. The third-order valence-corrected chi connectivity index (χ3v) is 3.13. The summed E-state index contributed by atoms with van der Waals surface area (Å²) in [6, 6.07) is 4.53. The summed E-state index contributed by atoms with van der Waals surface area (Å²) in [6.45, 7) is 4.83. The van der Waals surface area contributed by atoms with Crippen LogP contribution >= 0.6 is 0 Å². The summed E-state index contributed by atoms with van der Waals surface area (Å²) in [5.74, 6) is 0. The minimum Gasteiger partial charge on any atom is -0.399 e. The molecule has 5 N–H and O–H groups in total. The zero-order valence-electron chi connectivity index (χ0n) is 10.5. The largest absolute Gasteiger partial charge is 0.399 e. The van der Waals surface area contributed by atoms with Gasteiger partial charge in [-0.2, -0.15) is 0 Å². The highest BCUT2D eigenvalue weighted by molar-refractivity contribution is 7.89. The second-order valence-corrected chi connectivity index (χ2v) is 5.68. The number of hydrogen-bond donors (Lipinski definition) is 3. The van der Waals surface area contributed by atoms with Crippen LogP contribution in [0.2, 0.25) is 0 Å². The number of nitrogen functional groups attached to an aromatic ring is 1. The minimum atomic E-state index is -3.79. The topological polar surface area (TPSA) is 107 Å². The van der Waals surface area contributed by atoms with Crippen LogP contribution in [0.3, 0.4) is 0 Å². The normalized spacial score (nSPS) is 11.8. The van der Waals surface area contributed by atoms with Crippen LogP contribution in [0.4, 0.5) is 11.4 Å². The second-order valence-electron chi connectivity index (χ2n) is 4.15. The van der Waals surface area contributed by atoms with E-state index in [4.69, 9.17) is 15.6 Å².